The molecule has 0 amide bonds. The predicted octanol–water partition coefficient (Wildman–Crippen LogP) is 2.87. The van der Waals surface area contributed by atoms with Crippen LogP contribution in [0.4, 0.5) is 11.8 Å². The van der Waals surface area contributed by atoms with Crippen molar-refractivity contribution < 1.29 is 0 Å². The molecule has 2 aromatic rings. The zero-order valence-electron chi connectivity index (χ0n) is 10.6. The van der Waals surface area contributed by atoms with Crippen molar-refractivity contribution in [2.24, 2.45) is 0 Å². The van der Waals surface area contributed by atoms with Gasteiger partial charge >= 0.3 is 0 Å². The molecule has 2 aromatic heterocycles. The number of rotatable bonds is 3. The van der Waals surface area contributed by atoms with Crippen molar-refractivity contribution in [3.05, 3.63) is 40.8 Å². The van der Waals surface area contributed by atoms with Crippen LogP contribution in [0.2, 0.25) is 10.0 Å². The number of pyridine rings is 1. The molecule has 1 aliphatic heterocycles. The molecule has 7 heteroatoms. The second-order valence-electron chi connectivity index (χ2n) is 4.61. The largest absolute Gasteiger partial charge is 0.353 e. The highest BCUT2D eigenvalue weighted by molar-refractivity contribution is 6.32. The van der Waals surface area contributed by atoms with Gasteiger partial charge in [-0.15, -0.1) is 0 Å². The van der Waals surface area contributed by atoms with Gasteiger partial charge in [0.1, 0.15) is 5.82 Å². The van der Waals surface area contributed by atoms with E-state index in [-0.39, 0.29) is 6.04 Å². The Hall–Kier alpha value is -1.59. The Labute approximate surface area is 127 Å². The molecule has 0 aromatic carbocycles. The van der Waals surface area contributed by atoms with Crippen molar-refractivity contribution in [2.45, 2.75) is 12.5 Å². The van der Waals surface area contributed by atoms with Crippen LogP contribution in [0.1, 0.15) is 6.42 Å². The molecule has 3 heterocycles. The molecule has 0 saturated carbocycles. The van der Waals surface area contributed by atoms with Crippen LogP contribution in [0.3, 0.4) is 0 Å². The molecule has 1 aliphatic rings. The molecule has 0 radical (unpaired) electrons. The molecule has 0 bridgehead atoms. The summed E-state index contributed by atoms with van der Waals surface area (Å²) in [5.41, 5.74) is 0. The van der Waals surface area contributed by atoms with Crippen LogP contribution >= 0.6 is 23.2 Å². The van der Waals surface area contributed by atoms with E-state index in [4.69, 9.17) is 23.2 Å². The van der Waals surface area contributed by atoms with Gasteiger partial charge in [-0.3, -0.25) is 0 Å². The van der Waals surface area contributed by atoms with E-state index in [2.05, 4.69) is 25.2 Å². The quantitative estimate of drug-likeness (QED) is 0.945. The van der Waals surface area contributed by atoms with Crippen molar-refractivity contribution in [1.82, 2.24) is 15.0 Å². The molecule has 1 atom stereocenters. The lowest BCUT2D eigenvalue weighted by Crippen LogP contribution is -2.27. The molecule has 3 rings (SSSR count). The number of aromatic nitrogens is 3. The van der Waals surface area contributed by atoms with Crippen molar-refractivity contribution in [3.8, 4) is 0 Å². The number of nitrogens with one attached hydrogen (secondary N) is 1. The lowest BCUT2D eigenvalue weighted by atomic mass is 10.3. The Bertz CT molecular complexity index is 590. The van der Waals surface area contributed by atoms with Gasteiger partial charge in [-0.1, -0.05) is 23.2 Å². The van der Waals surface area contributed by atoms with Gasteiger partial charge in [-0.05, 0) is 18.6 Å². The van der Waals surface area contributed by atoms with Gasteiger partial charge in [0.25, 0.3) is 0 Å². The Morgan fingerprint density at radius 2 is 2.00 bits per heavy atom. The third-order valence-electron chi connectivity index (χ3n) is 3.18. The highest BCUT2D eigenvalue weighted by Gasteiger charge is 2.25. The van der Waals surface area contributed by atoms with E-state index in [1.54, 1.807) is 18.6 Å². The monoisotopic (exact) mass is 309 g/mol. The summed E-state index contributed by atoms with van der Waals surface area (Å²) in [6.07, 6.45) is 5.90. The lowest BCUT2D eigenvalue weighted by molar-refractivity contribution is 0.791. The predicted molar refractivity (Wildman–Crippen MR) is 80.5 cm³/mol. The molecular weight excluding hydrogens is 297 g/mol. The second-order valence-corrected chi connectivity index (χ2v) is 5.45. The summed E-state index contributed by atoms with van der Waals surface area (Å²) < 4.78 is 0. The lowest BCUT2D eigenvalue weighted by Gasteiger charge is -2.18. The van der Waals surface area contributed by atoms with Crippen LogP contribution in [0, 0.1) is 0 Å². The van der Waals surface area contributed by atoms with Gasteiger partial charge in [-0.25, -0.2) is 15.0 Å². The normalized spacial score (nSPS) is 18.3. The Kier molecular flexibility index (Phi) is 3.89. The summed E-state index contributed by atoms with van der Waals surface area (Å²) in [7, 11) is 0. The summed E-state index contributed by atoms with van der Waals surface area (Å²) in [6, 6.07) is 3.96. The van der Waals surface area contributed by atoms with E-state index in [0.717, 1.165) is 25.3 Å². The molecule has 1 saturated heterocycles. The number of anilines is 2. The molecular formula is C13H13Cl2N5. The van der Waals surface area contributed by atoms with E-state index in [1.807, 2.05) is 12.1 Å². The summed E-state index contributed by atoms with van der Waals surface area (Å²) in [4.78, 5) is 14.8. The smallest absolute Gasteiger partial charge is 0.222 e. The molecule has 1 unspecified atom stereocenters. The topological polar surface area (TPSA) is 53.9 Å². The third-order valence-corrected chi connectivity index (χ3v) is 3.67. The maximum Gasteiger partial charge on any atom is 0.222 e. The Morgan fingerprint density at radius 3 is 2.75 bits per heavy atom. The van der Waals surface area contributed by atoms with Crippen molar-refractivity contribution in [1.29, 1.82) is 0 Å². The Morgan fingerprint density at radius 1 is 1.20 bits per heavy atom. The number of hydrogen-bond acceptors (Lipinski definition) is 5. The second kappa shape index (κ2) is 5.81. The fraction of sp³-hybridized carbons (Fsp3) is 0.308. The fourth-order valence-electron chi connectivity index (χ4n) is 2.25. The van der Waals surface area contributed by atoms with Gasteiger partial charge in [0, 0.05) is 25.3 Å². The van der Waals surface area contributed by atoms with Crippen LogP contribution < -0.4 is 10.2 Å². The summed E-state index contributed by atoms with van der Waals surface area (Å²) in [6.45, 7) is 1.73. The van der Waals surface area contributed by atoms with E-state index in [0.29, 0.717) is 16.0 Å². The molecule has 1 fully saturated rings. The fourth-order valence-corrected chi connectivity index (χ4v) is 2.59. The number of halogens is 2. The van der Waals surface area contributed by atoms with Crippen molar-refractivity contribution in [3.63, 3.8) is 0 Å². The minimum absolute atomic E-state index is 0.272. The van der Waals surface area contributed by atoms with Crippen LogP contribution in [-0.2, 0) is 0 Å². The van der Waals surface area contributed by atoms with E-state index >= 15 is 0 Å². The first kappa shape index (κ1) is 13.4. The zero-order valence-corrected chi connectivity index (χ0v) is 12.1. The van der Waals surface area contributed by atoms with Gasteiger partial charge in [0.2, 0.25) is 5.95 Å². The first-order valence-electron chi connectivity index (χ1n) is 6.32. The van der Waals surface area contributed by atoms with Gasteiger partial charge in [-0.2, -0.15) is 0 Å². The van der Waals surface area contributed by atoms with Crippen LogP contribution in [0.25, 0.3) is 0 Å². The molecule has 5 nitrogen and oxygen atoms in total. The van der Waals surface area contributed by atoms with E-state index in [9.17, 15) is 0 Å². The van der Waals surface area contributed by atoms with E-state index < -0.39 is 0 Å². The number of nitrogens with zero attached hydrogens (tertiary/aromatic N) is 4. The Balaban J connectivity index is 1.65. The van der Waals surface area contributed by atoms with E-state index in [1.165, 1.54) is 0 Å². The zero-order chi connectivity index (χ0) is 13.9. The van der Waals surface area contributed by atoms with Crippen LogP contribution in [0.15, 0.2) is 30.7 Å². The molecule has 0 aliphatic carbocycles. The number of hydrogen-bond donors (Lipinski definition) is 1. The van der Waals surface area contributed by atoms with Gasteiger partial charge in [0.05, 0.1) is 22.4 Å². The highest BCUT2D eigenvalue weighted by Crippen LogP contribution is 2.26. The van der Waals surface area contributed by atoms with Gasteiger partial charge in [0.15, 0.2) is 0 Å². The minimum atomic E-state index is 0.272. The van der Waals surface area contributed by atoms with Gasteiger partial charge < -0.3 is 10.2 Å². The molecule has 20 heavy (non-hydrogen) atoms. The maximum atomic E-state index is 6.17. The molecule has 104 valence electrons. The summed E-state index contributed by atoms with van der Waals surface area (Å²) in [5.74, 6) is 1.42. The first-order chi connectivity index (χ1) is 9.72. The van der Waals surface area contributed by atoms with Crippen LogP contribution in [-0.4, -0.2) is 34.1 Å². The SMILES string of the molecule is Clc1cnc(NC2CCN(c3ncccc3Cl)C2)nc1. The highest BCUT2D eigenvalue weighted by atomic mass is 35.5. The third kappa shape index (κ3) is 2.94. The average Bonchev–Trinajstić information content (AvgIpc) is 2.90. The summed E-state index contributed by atoms with van der Waals surface area (Å²) in [5, 5.41) is 4.50. The average molecular weight is 310 g/mol. The molecule has 1 N–H and O–H groups in total. The standard InChI is InChI=1S/C13H13Cl2N5/c14-9-6-17-13(18-7-9)19-10-3-5-20(8-10)12-11(15)2-1-4-16-12/h1-2,4,6-7,10H,3,5,8H2,(H,17,18,19). The van der Waals surface area contributed by atoms with Crippen molar-refractivity contribution >= 4 is 35.0 Å². The molecule has 0 spiro atoms. The minimum Gasteiger partial charge on any atom is -0.353 e. The summed E-state index contributed by atoms with van der Waals surface area (Å²) >= 11 is 11.9. The van der Waals surface area contributed by atoms with Crippen molar-refractivity contribution in [2.75, 3.05) is 23.3 Å². The van der Waals surface area contributed by atoms with Crippen LogP contribution in [0.5, 0.6) is 0 Å². The first-order valence-corrected chi connectivity index (χ1v) is 7.07. The maximum absolute atomic E-state index is 6.17.